The van der Waals surface area contributed by atoms with Gasteiger partial charge >= 0.3 is 0 Å². The molecule has 0 radical (unpaired) electrons. The zero-order valence-corrected chi connectivity index (χ0v) is 14.6. The first-order chi connectivity index (χ1) is 12.8. The first-order valence-corrected chi connectivity index (χ1v) is 8.86. The predicted octanol–water partition coefficient (Wildman–Crippen LogP) is 3.41. The quantitative estimate of drug-likeness (QED) is 0.493. The van der Waals surface area contributed by atoms with Crippen LogP contribution in [0.3, 0.4) is 0 Å². The Balaban J connectivity index is 1.62. The SMILES string of the molecule is Cc1c(-c2nnc3sc(-c4cccnc4)nn23)cnn1-c1ccccc1. The number of para-hydroxylation sites is 1. The molecule has 0 aliphatic heterocycles. The van der Waals surface area contributed by atoms with Crippen molar-refractivity contribution in [3.05, 3.63) is 66.7 Å². The van der Waals surface area contributed by atoms with Crippen molar-refractivity contribution in [1.82, 2.24) is 34.6 Å². The smallest absolute Gasteiger partial charge is 0.235 e. The van der Waals surface area contributed by atoms with Crippen LogP contribution in [0.1, 0.15) is 5.69 Å². The van der Waals surface area contributed by atoms with E-state index < -0.39 is 0 Å². The number of fused-ring (bicyclic) bond motifs is 1. The summed E-state index contributed by atoms with van der Waals surface area (Å²) >= 11 is 1.49. The Morgan fingerprint density at radius 3 is 2.65 bits per heavy atom. The molecule has 4 aromatic heterocycles. The molecule has 0 bridgehead atoms. The molecule has 4 heterocycles. The summed E-state index contributed by atoms with van der Waals surface area (Å²) < 4.78 is 3.66. The Morgan fingerprint density at radius 2 is 1.85 bits per heavy atom. The van der Waals surface area contributed by atoms with Crippen LogP contribution in [0.2, 0.25) is 0 Å². The maximum absolute atomic E-state index is 4.68. The lowest BCUT2D eigenvalue weighted by molar-refractivity contribution is 0.846. The molecule has 26 heavy (non-hydrogen) atoms. The van der Waals surface area contributed by atoms with Gasteiger partial charge in [0.05, 0.1) is 23.1 Å². The molecular formula is C18H13N7S. The Labute approximate surface area is 152 Å². The molecule has 7 nitrogen and oxygen atoms in total. The van der Waals surface area contributed by atoms with Gasteiger partial charge in [0.2, 0.25) is 4.96 Å². The van der Waals surface area contributed by atoms with Crippen LogP contribution in [0.15, 0.2) is 61.1 Å². The van der Waals surface area contributed by atoms with Gasteiger partial charge in [-0.3, -0.25) is 4.98 Å². The molecule has 0 saturated carbocycles. The van der Waals surface area contributed by atoms with Crippen molar-refractivity contribution in [3.8, 4) is 27.6 Å². The van der Waals surface area contributed by atoms with Gasteiger partial charge in [-0.15, -0.1) is 10.2 Å². The van der Waals surface area contributed by atoms with E-state index in [0.29, 0.717) is 5.82 Å². The molecule has 0 fully saturated rings. The second-order valence-corrected chi connectivity index (χ2v) is 6.71. The number of hydrogen-bond acceptors (Lipinski definition) is 6. The molecule has 1 aromatic carbocycles. The van der Waals surface area contributed by atoms with E-state index in [9.17, 15) is 0 Å². The lowest BCUT2D eigenvalue weighted by Crippen LogP contribution is -1.99. The van der Waals surface area contributed by atoms with Gasteiger partial charge in [0.25, 0.3) is 0 Å². The summed E-state index contributed by atoms with van der Waals surface area (Å²) in [5, 5.41) is 18.6. The van der Waals surface area contributed by atoms with Crippen LogP contribution in [0.25, 0.3) is 32.6 Å². The highest BCUT2D eigenvalue weighted by molar-refractivity contribution is 7.19. The predicted molar refractivity (Wildman–Crippen MR) is 99.2 cm³/mol. The van der Waals surface area contributed by atoms with Crippen molar-refractivity contribution >= 4 is 16.3 Å². The second kappa shape index (κ2) is 5.85. The minimum absolute atomic E-state index is 0.686. The van der Waals surface area contributed by atoms with Crippen LogP contribution in [-0.4, -0.2) is 34.6 Å². The Morgan fingerprint density at radius 1 is 0.962 bits per heavy atom. The number of hydrogen-bond donors (Lipinski definition) is 0. The van der Waals surface area contributed by atoms with E-state index in [1.54, 1.807) is 16.9 Å². The minimum atomic E-state index is 0.686. The van der Waals surface area contributed by atoms with E-state index >= 15 is 0 Å². The minimum Gasteiger partial charge on any atom is -0.264 e. The average molecular weight is 359 g/mol. The van der Waals surface area contributed by atoms with E-state index in [0.717, 1.165) is 32.5 Å². The molecule has 0 aliphatic rings. The lowest BCUT2D eigenvalue weighted by Gasteiger charge is -2.04. The summed E-state index contributed by atoms with van der Waals surface area (Å²) in [5.74, 6) is 0.686. The molecule has 0 N–H and O–H groups in total. The number of rotatable bonds is 3. The summed E-state index contributed by atoms with van der Waals surface area (Å²) in [4.78, 5) is 4.90. The molecule has 5 aromatic rings. The second-order valence-electron chi connectivity index (χ2n) is 5.76. The van der Waals surface area contributed by atoms with Gasteiger partial charge in [-0.25, -0.2) is 4.68 Å². The average Bonchev–Trinajstić information content (AvgIpc) is 3.37. The third-order valence-electron chi connectivity index (χ3n) is 4.15. The normalized spacial score (nSPS) is 11.3. The summed E-state index contributed by atoms with van der Waals surface area (Å²) in [7, 11) is 0. The molecule has 0 amide bonds. The number of benzene rings is 1. The first kappa shape index (κ1) is 14.9. The Kier molecular flexibility index (Phi) is 3.36. The zero-order valence-electron chi connectivity index (χ0n) is 13.8. The molecule has 0 aliphatic carbocycles. The highest BCUT2D eigenvalue weighted by Crippen LogP contribution is 2.29. The van der Waals surface area contributed by atoms with Gasteiger partial charge in [-0.2, -0.15) is 14.7 Å². The van der Waals surface area contributed by atoms with Gasteiger partial charge in [0, 0.05) is 18.0 Å². The van der Waals surface area contributed by atoms with Gasteiger partial charge in [0.1, 0.15) is 5.01 Å². The van der Waals surface area contributed by atoms with Crippen LogP contribution in [0.4, 0.5) is 0 Å². The topological polar surface area (TPSA) is 73.8 Å². The highest BCUT2D eigenvalue weighted by Gasteiger charge is 2.19. The first-order valence-electron chi connectivity index (χ1n) is 8.04. The number of nitrogens with zero attached hydrogens (tertiary/aromatic N) is 7. The van der Waals surface area contributed by atoms with Gasteiger partial charge in [0.15, 0.2) is 5.82 Å². The summed E-state index contributed by atoms with van der Waals surface area (Å²) in [5.41, 5.74) is 3.86. The van der Waals surface area contributed by atoms with Gasteiger partial charge < -0.3 is 0 Å². The molecule has 8 heteroatoms. The lowest BCUT2D eigenvalue weighted by atomic mass is 10.2. The van der Waals surface area contributed by atoms with E-state index in [1.807, 2.05) is 60.3 Å². The molecule has 0 saturated heterocycles. The Hall–Kier alpha value is -3.39. The molecule has 0 spiro atoms. The van der Waals surface area contributed by atoms with Crippen molar-refractivity contribution in [2.75, 3.05) is 0 Å². The van der Waals surface area contributed by atoms with Crippen LogP contribution in [-0.2, 0) is 0 Å². The monoisotopic (exact) mass is 359 g/mol. The van der Waals surface area contributed by atoms with Crippen LogP contribution >= 0.6 is 11.3 Å². The molecule has 5 rings (SSSR count). The fourth-order valence-corrected chi connectivity index (χ4v) is 3.68. The largest absolute Gasteiger partial charge is 0.264 e. The maximum Gasteiger partial charge on any atom is 0.235 e. The summed E-state index contributed by atoms with van der Waals surface area (Å²) in [6, 6.07) is 13.9. The van der Waals surface area contributed by atoms with Crippen molar-refractivity contribution in [3.63, 3.8) is 0 Å². The van der Waals surface area contributed by atoms with E-state index in [2.05, 4.69) is 25.4 Å². The summed E-state index contributed by atoms with van der Waals surface area (Å²) in [6.45, 7) is 2.02. The van der Waals surface area contributed by atoms with Crippen molar-refractivity contribution in [1.29, 1.82) is 0 Å². The van der Waals surface area contributed by atoms with E-state index in [4.69, 9.17) is 0 Å². The van der Waals surface area contributed by atoms with Gasteiger partial charge in [-0.1, -0.05) is 29.5 Å². The van der Waals surface area contributed by atoms with Crippen LogP contribution in [0, 0.1) is 6.92 Å². The zero-order chi connectivity index (χ0) is 17.5. The molecule has 0 atom stereocenters. The standard InChI is InChI=1S/C18H13N7S/c1-12-15(11-20-24(12)14-7-3-2-4-8-14)16-21-22-18-25(16)23-17(26-18)13-6-5-9-19-10-13/h2-11H,1H3. The fraction of sp³-hybridized carbons (Fsp3) is 0.0556. The van der Waals surface area contributed by atoms with Crippen molar-refractivity contribution in [2.24, 2.45) is 0 Å². The summed E-state index contributed by atoms with van der Waals surface area (Å²) in [6.07, 6.45) is 5.35. The molecular weight excluding hydrogens is 346 g/mol. The Bertz CT molecular complexity index is 1190. The number of aromatic nitrogens is 7. The van der Waals surface area contributed by atoms with Crippen molar-refractivity contribution in [2.45, 2.75) is 6.92 Å². The highest BCUT2D eigenvalue weighted by atomic mass is 32.1. The van der Waals surface area contributed by atoms with Gasteiger partial charge in [-0.05, 0) is 31.2 Å². The molecule has 126 valence electrons. The third kappa shape index (κ3) is 2.31. The van der Waals surface area contributed by atoms with Crippen LogP contribution in [0.5, 0.6) is 0 Å². The third-order valence-corrected chi connectivity index (χ3v) is 5.10. The number of pyridine rings is 1. The van der Waals surface area contributed by atoms with E-state index in [-0.39, 0.29) is 0 Å². The molecule has 0 unspecified atom stereocenters. The van der Waals surface area contributed by atoms with Crippen LogP contribution < -0.4 is 0 Å². The fourth-order valence-electron chi connectivity index (χ4n) is 2.85. The van der Waals surface area contributed by atoms with Crippen molar-refractivity contribution < 1.29 is 0 Å². The van der Waals surface area contributed by atoms with E-state index in [1.165, 1.54) is 11.3 Å². The maximum atomic E-state index is 4.68.